The fourth-order valence-corrected chi connectivity index (χ4v) is 2.46. The van der Waals surface area contributed by atoms with Gasteiger partial charge in [-0.1, -0.05) is 36.4 Å². The van der Waals surface area contributed by atoms with Crippen molar-refractivity contribution in [1.82, 2.24) is 10.3 Å². The van der Waals surface area contributed by atoms with E-state index in [0.717, 1.165) is 22.0 Å². The highest BCUT2D eigenvalue weighted by molar-refractivity contribution is 5.83. The second-order valence-corrected chi connectivity index (χ2v) is 5.30. The fraction of sp³-hybridized carbons (Fsp3) is 0.167. The molecule has 112 valence electrons. The predicted molar refractivity (Wildman–Crippen MR) is 86.4 cm³/mol. The van der Waals surface area contributed by atoms with Crippen LogP contribution in [-0.4, -0.2) is 22.5 Å². The molecule has 2 aromatic carbocycles. The van der Waals surface area contributed by atoms with Gasteiger partial charge in [0.05, 0.1) is 12.5 Å². The SMILES string of the molecule is O=C(Cc1ccc[nH]1)NCC(O)c1ccc2ccccc2c1. The zero-order chi connectivity index (χ0) is 15.4. The van der Waals surface area contributed by atoms with E-state index >= 15 is 0 Å². The first-order valence-corrected chi connectivity index (χ1v) is 7.28. The molecule has 1 atom stereocenters. The summed E-state index contributed by atoms with van der Waals surface area (Å²) in [4.78, 5) is 14.8. The van der Waals surface area contributed by atoms with Gasteiger partial charge in [-0.05, 0) is 34.5 Å². The number of carbonyl (C=O) groups excluding carboxylic acids is 1. The van der Waals surface area contributed by atoms with Crippen LogP contribution in [0.4, 0.5) is 0 Å². The van der Waals surface area contributed by atoms with Crippen LogP contribution in [0.1, 0.15) is 17.4 Å². The lowest BCUT2D eigenvalue weighted by Crippen LogP contribution is -2.29. The number of fused-ring (bicyclic) bond motifs is 1. The summed E-state index contributed by atoms with van der Waals surface area (Å²) in [6, 6.07) is 17.5. The quantitative estimate of drug-likeness (QED) is 0.677. The number of aromatic nitrogens is 1. The minimum Gasteiger partial charge on any atom is -0.387 e. The maximum Gasteiger partial charge on any atom is 0.226 e. The average Bonchev–Trinajstić information content (AvgIpc) is 3.05. The number of hydrogen-bond donors (Lipinski definition) is 3. The molecule has 22 heavy (non-hydrogen) atoms. The summed E-state index contributed by atoms with van der Waals surface area (Å²) in [6.07, 6.45) is 1.36. The molecule has 1 unspecified atom stereocenters. The molecule has 4 heteroatoms. The van der Waals surface area contributed by atoms with Crippen LogP contribution in [0, 0.1) is 0 Å². The van der Waals surface area contributed by atoms with Crippen molar-refractivity contribution in [2.24, 2.45) is 0 Å². The standard InChI is InChI=1S/C18H18N2O2/c21-17(12-20-18(22)11-16-6-3-9-19-16)15-8-7-13-4-1-2-5-14(13)10-15/h1-10,17,19,21H,11-12H2,(H,20,22). The largest absolute Gasteiger partial charge is 0.387 e. The van der Waals surface area contributed by atoms with Crippen molar-refractivity contribution in [3.05, 3.63) is 72.1 Å². The van der Waals surface area contributed by atoms with E-state index in [1.165, 1.54) is 0 Å². The number of aliphatic hydroxyl groups excluding tert-OH is 1. The average molecular weight is 294 g/mol. The van der Waals surface area contributed by atoms with E-state index in [-0.39, 0.29) is 18.9 Å². The van der Waals surface area contributed by atoms with E-state index in [9.17, 15) is 9.90 Å². The lowest BCUT2D eigenvalue weighted by atomic mass is 10.0. The third-order valence-electron chi connectivity index (χ3n) is 3.66. The minimum atomic E-state index is -0.711. The normalized spacial score (nSPS) is 12.2. The number of aliphatic hydroxyl groups is 1. The molecule has 3 aromatic rings. The van der Waals surface area contributed by atoms with E-state index in [1.807, 2.05) is 54.6 Å². The number of nitrogens with one attached hydrogen (secondary N) is 2. The fourth-order valence-electron chi connectivity index (χ4n) is 2.46. The highest BCUT2D eigenvalue weighted by atomic mass is 16.3. The maximum absolute atomic E-state index is 11.8. The summed E-state index contributed by atoms with van der Waals surface area (Å²) in [5.41, 5.74) is 1.66. The zero-order valence-corrected chi connectivity index (χ0v) is 12.1. The Balaban J connectivity index is 1.60. The predicted octanol–water partition coefficient (Wildman–Crippen LogP) is 2.56. The van der Waals surface area contributed by atoms with Crippen molar-refractivity contribution >= 4 is 16.7 Å². The second-order valence-electron chi connectivity index (χ2n) is 5.30. The van der Waals surface area contributed by atoms with E-state index in [1.54, 1.807) is 6.20 Å². The molecule has 1 aromatic heterocycles. The Labute approximate surface area is 128 Å². The smallest absolute Gasteiger partial charge is 0.226 e. The molecule has 0 aliphatic carbocycles. The molecule has 3 N–H and O–H groups in total. The van der Waals surface area contributed by atoms with Crippen LogP contribution in [-0.2, 0) is 11.2 Å². The molecule has 1 heterocycles. The van der Waals surface area contributed by atoms with Crippen molar-refractivity contribution < 1.29 is 9.90 Å². The Hall–Kier alpha value is -2.59. The van der Waals surface area contributed by atoms with Crippen molar-refractivity contribution in [3.63, 3.8) is 0 Å². The Morgan fingerprint density at radius 1 is 1.09 bits per heavy atom. The molecule has 0 spiro atoms. The van der Waals surface area contributed by atoms with Gasteiger partial charge in [0.25, 0.3) is 0 Å². The van der Waals surface area contributed by atoms with Gasteiger partial charge in [0.2, 0.25) is 5.91 Å². The van der Waals surface area contributed by atoms with Gasteiger partial charge in [-0.25, -0.2) is 0 Å². The van der Waals surface area contributed by atoms with Crippen LogP contribution in [0.2, 0.25) is 0 Å². The van der Waals surface area contributed by atoms with Gasteiger partial charge in [-0.15, -0.1) is 0 Å². The highest BCUT2D eigenvalue weighted by Gasteiger charge is 2.10. The lowest BCUT2D eigenvalue weighted by molar-refractivity contribution is -0.120. The molecule has 0 radical (unpaired) electrons. The first kappa shape index (κ1) is 14.4. The van der Waals surface area contributed by atoms with Crippen LogP contribution < -0.4 is 5.32 Å². The van der Waals surface area contributed by atoms with Gasteiger partial charge in [-0.2, -0.15) is 0 Å². The van der Waals surface area contributed by atoms with Crippen molar-refractivity contribution in [1.29, 1.82) is 0 Å². The number of aromatic amines is 1. The van der Waals surface area contributed by atoms with Crippen molar-refractivity contribution in [2.75, 3.05) is 6.54 Å². The molecule has 0 saturated carbocycles. The Kier molecular flexibility index (Phi) is 4.21. The number of benzene rings is 2. The van der Waals surface area contributed by atoms with Gasteiger partial charge in [0.1, 0.15) is 0 Å². The first-order chi connectivity index (χ1) is 10.7. The van der Waals surface area contributed by atoms with E-state index < -0.39 is 6.10 Å². The number of rotatable bonds is 5. The molecule has 0 saturated heterocycles. The molecule has 1 amide bonds. The summed E-state index contributed by atoms with van der Waals surface area (Å²) < 4.78 is 0. The van der Waals surface area contributed by atoms with Crippen molar-refractivity contribution in [2.45, 2.75) is 12.5 Å². The Bertz CT molecular complexity index is 766. The maximum atomic E-state index is 11.8. The molecule has 0 bridgehead atoms. The topological polar surface area (TPSA) is 65.1 Å². The van der Waals surface area contributed by atoms with Gasteiger partial charge >= 0.3 is 0 Å². The summed E-state index contributed by atoms with van der Waals surface area (Å²) >= 11 is 0. The van der Waals surface area contributed by atoms with Crippen LogP contribution in [0.3, 0.4) is 0 Å². The molecular formula is C18H18N2O2. The first-order valence-electron chi connectivity index (χ1n) is 7.28. The summed E-state index contributed by atoms with van der Waals surface area (Å²) in [7, 11) is 0. The molecular weight excluding hydrogens is 276 g/mol. The number of amides is 1. The summed E-state index contributed by atoms with van der Waals surface area (Å²) in [5.74, 6) is -0.109. The molecule has 0 aliphatic rings. The van der Waals surface area contributed by atoms with Gasteiger partial charge in [0, 0.05) is 18.4 Å². The molecule has 0 aliphatic heterocycles. The number of hydrogen-bond acceptors (Lipinski definition) is 2. The van der Waals surface area contributed by atoms with Crippen LogP contribution in [0.15, 0.2) is 60.8 Å². The van der Waals surface area contributed by atoms with Crippen LogP contribution >= 0.6 is 0 Å². The molecule has 4 nitrogen and oxygen atoms in total. The van der Waals surface area contributed by atoms with E-state index in [4.69, 9.17) is 0 Å². The summed E-state index contributed by atoms with van der Waals surface area (Å²) in [6.45, 7) is 0.206. The van der Waals surface area contributed by atoms with Gasteiger partial charge in [-0.3, -0.25) is 4.79 Å². The zero-order valence-electron chi connectivity index (χ0n) is 12.1. The van der Waals surface area contributed by atoms with Crippen LogP contribution in [0.5, 0.6) is 0 Å². The molecule has 3 rings (SSSR count). The van der Waals surface area contributed by atoms with Crippen LogP contribution in [0.25, 0.3) is 10.8 Å². The van der Waals surface area contributed by atoms with Gasteiger partial charge in [0.15, 0.2) is 0 Å². The van der Waals surface area contributed by atoms with E-state index in [2.05, 4.69) is 10.3 Å². The van der Waals surface area contributed by atoms with Crippen molar-refractivity contribution in [3.8, 4) is 0 Å². The Morgan fingerprint density at radius 3 is 2.68 bits per heavy atom. The third kappa shape index (κ3) is 3.35. The third-order valence-corrected chi connectivity index (χ3v) is 3.66. The second kappa shape index (κ2) is 6.45. The molecule has 0 fully saturated rings. The lowest BCUT2D eigenvalue weighted by Gasteiger charge is -2.13. The Morgan fingerprint density at radius 2 is 1.91 bits per heavy atom. The van der Waals surface area contributed by atoms with Gasteiger partial charge < -0.3 is 15.4 Å². The summed E-state index contributed by atoms with van der Waals surface area (Å²) in [5, 5.41) is 15.2. The number of carbonyl (C=O) groups is 1. The number of H-pyrrole nitrogens is 1. The monoisotopic (exact) mass is 294 g/mol. The van der Waals surface area contributed by atoms with E-state index in [0.29, 0.717) is 0 Å². The highest BCUT2D eigenvalue weighted by Crippen LogP contribution is 2.20. The minimum absolute atomic E-state index is 0.109.